The fraction of sp³-hybridized carbons (Fsp3) is 0.833. The quantitative estimate of drug-likeness (QED) is 0.319. The number of ether oxygens (including phenoxy) is 1. The van der Waals surface area contributed by atoms with E-state index >= 15 is 0 Å². The third-order valence-corrected chi connectivity index (χ3v) is 4.46. The van der Waals surface area contributed by atoms with E-state index in [4.69, 9.17) is 9.84 Å². The van der Waals surface area contributed by atoms with Crippen molar-refractivity contribution in [3.8, 4) is 0 Å². The Morgan fingerprint density at radius 2 is 1.83 bits per heavy atom. The molecule has 5 atom stereocenters. The lowest BCUT2D eigenvalue weighted by molar-refractivity contribution is -0.137. The van der Waals surface area contributed by atoms with Crippen molar-refractivity contribution < 1.29 is 30.0 Å². The molecule has 6 heteroatoms. The second-order valence-electron chi connectivity index (χ2n) is 6.57. The summed E-state index contributed by atoms with van der Waals surface area (Å²) in [6.45, 7) is 1.93. The smallest absolute Gasteiger partial charge is 0.303 e. The Kier molecular flexibility index (Phi) is 10.2. The van der Waals surface area contributed by atoms with Crippen molar-refractivity contribution in [2.75, 3.05) is 0 Å². The number of carboxylic acids is 1. The molecule has 24 heavy (non-hydrogen) atoms. The molecule has 0 aromatic heterocycles. The second-order valence-corrected chi connectivity index (χ2v) is 6.57. The SMILES string of the molecule is CCC1OC(C(O)/C=C/C(O)CCCCCCCC(=O)O)CC1O. The number of aliphatic hydroxyl groups is 3. The molecule has 0 radical (unpaired) electrons. The molecule has 6 nitrogen and oxygen atoms in total. The molecular formula is C18H32O6. The summed E-state index contributed by atoms with van der Waals surface area (Å²) >= 11 is 0. The Hall–Kier alpha value is -0.950. The van der Waals surface area contributed by atoms with Crippen LogP contribution in [-0.2, 0) is 9.53 Å². The highest BCUT2D eigenvalue weighted by Gasteiger charge is 2.35. The molecule has 140 valence electrons. The van der Waals surface area contributed by atoms with Crippen molar-refractivity contribution in [3.63, 3.8) is 0 Å². The molecule has 1 saturated heterocycles. The van der Waals surface area contributed by atoms with E-state index in [9.17, 15) is 20.1 Å². The van der Waals surface area contributed by atoms with Crippen LogP contribution < -0.4 is 0 Å². The molecule has 0 bridgehead atoms. The topological polar surface area (TPSA) is 107 Å². The highest BCUT2D eigenvalue weighted by atomic mass is 16.5. The van der Waals surface area contributed by atoms with Crippen LogP contribution in [-0.4, -0.2) is 56.9 Å². The fourth-order valence-corrected chi connectivity index (χ4v) is 2.97. The van der Waals surface area contributed by atoms with Crippen LogP contribution in [0.5, 0.6) is 0 Å². The summed E-state index contributed by atoms with van der Waals surface area (Å²) in [6.07, 6.45) is 6.92. The molecule has 0 spiro atoms. The summed E-state index contributed by atoms with van der Waals surface area (Å²) in [5.74, 6) is -0.752. The summed E-state index contributed by atoms with van der Waals surface area (Å²) in [5.41, 5.74) is 0. The van der Waals surface area contributed by atoms with Crippen LogP contribution in [0.4, 0.5) is 0 Å². The van der Waals surface area contributed by atoms with Gasteiger partial charge in [0.15, 0.2) is 0 Å². The van der Waals surface area contributed by atoms with Gasteiger partial charge in [0.05, 0.1) is 30.5 Å². The van der Waals surface area contributed by atoms with Crippen LogP contribution in [0.15, 0.2) is 12.2 Å². The van der Waals surface area contributed by atoms with E-state index in [2.05, 4.69) is 0 Å². The lowest BCUT2D eigenvalue weighted by atomic mass is 10.0. The number of carbonyl (C=O) groups is 1. The Morgan fingerprint density at radius 3 is 2.46 bits per heavy atom. The number of rotatable bonds is 12. The number of aliphatic hydroxyl groups excluding tert-OH is 3. The minimum atomic E-state index is -0.818. The average molecular weight is 344 g/mol. The molecule has 5 unspecified atom stereocenters. The zero-order valence-corrected chi connectivity index (χ0v) is 14.5. The van der Waals surface area contributed by atoms with E-state index in [1.165, 1.54) is 0 Å². The van der Waals surface area contributed by atoms with Gasteiger partial charge in [-0.3, -0.25) is 4.79 Å². The van der Waals surface area contributed by atoms with Crippen LogP contribution in [0.25, 0.3) is 0 Å². The van der Waals surface area contributed by atoms with E-state index in [-0.39, 0.29) is 12.5 Å². The van der Waals surface area contributed by atoms with Gasteiger partial charge >= 0.3 is 5.97 Å². The van der Waals surface area contributed by atoms with Gasteiger partial charge in [-0.25, -0.2) is 0 Å². The first-order valence-electron chi connectivity index (χ1n) is 9.03. The summed E-state index contributed by atoms with van der Waals surface area (Å²) in [7, 11) is 0. The van der Waals surface area contributed by atoms with E-state index in [1.54, 1.807) is 12.2 Å². The number of unbranched alkanes of at least 4 members (excludes halogenated alkanes) is 4. The Labute approximate surface area is 144 Å². The number of aliphatic carboxylic acids is 1. The van der Waals surface area contributed by atoms with Crippen molar-refractivity contribution in [1.29, 1.82) is 0 Å². The second kappa shape index (κ2) is 11.6. The molecule has 1 aliphatic rings. The van der Waals surface area contributed by atoms with Gasteiger partial charge < -0.3 is 25.2 Å². The maximum Gasteiger partial charge on any atom is 0.303 e. The van der Waals surface area contributed by atoms with E-state index < -0.39 is 30.4 Å². The van der Waals surface area contributed by atoms with Crippen LogP contribution in [0.1, 0.15) is 64.7 Å². The summed E-state index contributed by atoms with van der Waals surface area (Å²) in [6, 6.07) is 0. The predicted molar refractivity (Wildman–Crippen MR) is 90.7 cm³/mol. The zero-order valence-electron chi connectivity index (χ0n) is 14.5. The molecule has 1 fully saturated rings. The summed E-state index contributed by atoms with van der Waals surface area (Å²) < 4.78 is 5.60. The molecule has 1 rings (SSSR count). The standard InChI is InChI=1S/C18H32O6/c1-2-16-15(21)12-17(24-16)14(20)11-10-13(19)8-6-4-3-5-7-9-18(22)23/h10-11,13-17,19-21H,2-9,12H2,1H3,(H,22,23)/b11-10+. The number of hydrogen-bond acceptors (Lipinski definition) is 5. The monoisotopic (exact) mass is 344 g/mol. The van der Waals surface area contributed by atoms with Gasteiger partial charge in [-0.05, 0) is 19.3 Å². The van der Waals surface area contributed by atoms with Gasteiger partial charge in [-0.1, -0.05) is 44.8 Å². The molecule has 1 heterocycles. The third kappa shape index (κ3) is 8.24. The first-order valence-corrected chi connectivity index (χ1v) is 9.03. The molecule has 0 aromatic carbocycles. The predicted octanol–water partition coefficient (Wildman–Crippen LogP) is 2.01. The van der Waals surface area contributed by atoms with Crippen LogP contribution in [0.2, 0.25) is 0 Å². The molecule has 1 aliphatic heterocycles. The average Bonchev–Trinajstić information content (AvgIpc) is 2.92. The Balaban J connectivity index is 2.12. The Bertz CT molecular complexity index is 384. The molecule has 0 aliphatic carbocycles. The van der Waals surface area contributed by atoms with Crippen LogP contribution >= 0.6 is 0 Å². The summed E-state index contributed by atoms with van der Waals surface area (Å²) in [4.78, 5) is 10.4. The summed E-state index contributed by atoms with van der Waals surface area (Å²) in [5, 5.41) is 38.3. The first-order chi connectivity index (χ1) is 11.4. The lowest BCUT2D eigenvalue weighted by Gasteiger charge is -2.16. The van der Waals surface area contributed by atoms with E-state index in [1.807, 2.05) is 6.92 Å². The Morgan fingerprint density at radius 1 is 1.17 bits per heavy atom. The molecule has 4 N–H and O–H groups in total. The van der Waals surface area contributed by atoms with E-state index in [0.29, 0.717) is 25.7 Å². The lowest BCUT2D eigenvalue weighted by Crippen LogP contribution is -2.24. The molecule has 0 saturated carbocycles. The largest absolute Gasteiger partial charge is 0.481 e. The highest BCUT2D eigenvalue weighted by molar-refractivity contribution is 5.66. The minimum absolute atomic E-state index is 0.218. The van der Waals surface area contributed by atoms with Gasteiger partial charge in [0, 0.05) is 12.8 Å². The van der Waals surface area contributed by atoms with Crippen molar-refractivity contribution >= 4 is 5.97 Å². The third-order valence-electron chi connectivity index (χ3n) is 4.46. The van der Waals surface area contributed by atoms with E-state index in [0.717, 1.165) is 25.7 Å². The maximum absolute atomic E-state index is 10.4. The van der Waals surface area contributed by atoms with Gasteiger partial charge in [0.2, 0.25) is 0 Å². The number of carboxylic acid groups (broad SMARTS) is 1. The van der Waals surface area contributed by atoms with Gasteiger partial charge in [-0.15, -0.1) is 0 Å². The zero-order chi connectivity index (χ0) is 17.9. The molecule has 0 aromatic rings. The van der Waals surface area contributed by atoms with Crippen molar-refractivity contribution in [2.24, 2.45) is 0 Å². The van der Waals surface area contributed by atoms with Crippen LogP contribution in [0, 0.1) is 0 Å². The first kappa shape index (κ1) is 21.1. The van der Waals surface area contributed by atoms with Gasteiger partial charge in [-0.2, -0.15) is 0 Å². The molecular weight excluding hydrogens is 312 g/mol. The number of hydrogen-bond donors (Lipinski definition) is 4. The fourth-order valence-electron chi connectivity index (χ4n) is 2.97. The normalized spacial score (nSPS) is 26.8. The minimum Gasteiger partial charge on any atom is -0.481 e. The maximum atomic E-state index is 10.4. The molecule has 0 amide bonds. The van der Waals surface area contributed by atoms with Gasteiger partial charge in [0.1, 0.15) is 0 Å². The van der Waals surface area contributed by atoms with Crippen molar-refractivity contribution in [2.45, 2.75) is 95.2 Å². The van der Waals surface area contributed by atoms with Gasteiger partial charge in [0.25, 0.3) is 0 Å². The van der Waals surface area contributed by atoms with Crippen LogP contribution in [0.3, 0.4) is 0 Å². The van der Waals surface area contributed by atoms with Crippen molar-refractivity contribution in [1.82, 2.24) is 0 Å². The van der Waals surface area contributed by atoms with Crippen molar-refractivity contribution in [3.05, 3.63) is 12.2 Å². The highest BCUT2D eigenvalue weighted by Crippen LogP contribution is 2.25.